The zero-order valence-electron chi connectivity index (χ0n) is 9.68. The molecule has 88 valence electrons. The zero-order valence-corrected chi connectivity index (χ0v) is 10.5. The average Bonchev–Trinajstić information content (AvgIpc) is 2.67. The molecule has 2 heterocycles. The van der Waals surface area contributed by atoms with E-state index >= 15 is 0 Å². The van der Waals surface area contributed by atoms with Gasteiger partial charge in [0.05, 0.1) is 0 Å². The third-order valence-corrected chi connectivity index (χ3v) is 3.61. The van der Waals surface area contributed by atoms with E-state index in [1.54, 1.807) is 22.8 Å². The van der Waals surface area contributed by atoms with Crippen molar-refractivity contribution in [3.05, 3.63) is 12.2 Å². The predicted molar refractivity (Wildman–Crippen MR) is 66.6 cm³/mol. The number of rotatable bonds is 3. The molecule has 2 rings (SSSR count). The quantitative estimate of drug-likeness (QED) is 0.843. The number of aromatic nitrogens is 3. The smallest absolute Gasteiger partial charge is 0.156 e. The Hall–Kier alpha value is -1.04. The van der Waals surface area contributed by atoms with Crippen molar-refractivity contribution >= 4 is 16.9 Å². The third-order valence-electron chi connectivity index (χ3n) is 2.32. The van der Waals surface area contributed by atoms with Gasteiger partial charge in [0.1, 0.15) is 6.33 Å². The Morgan fingerprint density at radius 2 is 2.50 bits per heavy atom. The van der Waals surface area contributed by atoms with E-state index in [2.05, 4.69) is 27.3 Å². The van der Waals surface area contributed by atoms with E-state index in [1.165, 1.54) is 0 Å². The van der Waals surface area contributed by atoms with Gasteiger partial charge < -0.3 is 5.32 Å². The Kier molecular flexibility index (Phi) is 3.82. The van der Waals surface area contributed by atoms with Crippen LogP contribution in [0.1, 0.15) is 12.7 Å². The topological polar surface area (TPSA) is 55.1 Å². The maximum absolute atomic E-state index is 4.47. The molecule has 0 amide bonds. The first-order valence-corrected chi connectivity index (χ1v) is 6.48. The number of nitrogens with one attached hydrogen (secondary N) is 1. The molecule has 0 aliphatic carbocycles. The Bertz CT molecular complexity index is 373. The fraction of sp³-hybridized carbons (Fsp3) is 0.700. The van der Waals surface area contributed by atoms with Gasteiger partial charge in [-0.05, 0) is 5.92 Å². The fourth-order valence-electron chi connectivity index (χ4n) is 1.44. The Labute approximate surface area is 99.7 Å². The second-order valence-electron chi connectivity index (χ2n) is 4.07. The summed E-state index contributed by atoms with van der Waals surface area (Å²) < 4.78 is 1.73. The first-order chi connectivity index (χ1) is 7.74. The molecule has 5 nitrogen and oxygen atoms in total. The lowest BCUT2D eigenvalue weighted by Crippen LogP contribution is -2.28. The number of thioether (sulfide) groups is 1. The van der Waals surface area contributed by atoms with Crippen LogP contribution < -0.4 is 5.32 Å². The van der Waals surface area contributed by atoms with Crippen molar-refractivity contribution < 1.29 is 0 Å². The summed E-state index contributed by atoms with van der Waals surface area (Å²) in [7, 11) is 1.88. The highest BCUT2D eigenvalue weighted by molar-refractivity contribution is 8.13. The molecule has 0 bridgehead atoms. The molecule has 0 aromatic carbocycles. The molecule has 1 aliphatic heterocycles. The highest BCUT2D eigenvalue weighted by Gasteiger charge is 2.11. The predicted octanol–water partition coefficient (Wildman–Crippen LogP) is 0.686. The van der Waals surface area contributed by atoms with E-state index in [0.29, 0.717) is 5.92 Å². The molecule has 1 aromatic rings. The molecule has 1 aliphatic rings. The first kappa shape index (κ1) is 11.4. The SMILES string of the molecule is CC1CN=C(NCCc2ncn(C)n2)SC1. The van der Waals surface area contributed by atoms with Crippen LogP contribution in [0, 0.1) is 5.92 Å². The molecule has 0 spiro atoms. The molecule has 0 saturated carbocycles. The molecule has 6 heteroatoms. The molecular weight excluding hydrogens is 222 g/mol. The molecule has 1 unspecified atom stereocenters. The van der Waals surface area contributed by atoms with Gasteiger partial charge in [-0.2, -0.15) is 5.10 Å². The zero-order chi connectivity index (χ0) is 11.4. The minimum atomic E-state index is 0.702. The average molecular weight is 239 g/mol. The number of hydrogen-bond donors (Lipinski definition) is 1. The Morgan fingerprint density at radius 1 is 1.62 bits per heavy atom. The second-order valence-corrected chi connectivity index (χ2v) is 5.08. The van der Waals surface area contributed by atoms with Gasteiger partial charge in [-0.15, -0.1) is 0 Å². The summed E-state index contributed by atoms with van der Waals surface area (Å²) in [5.74, 6) is 2.74. The maximum Gasteiger partial charge on any atom is 0.156 e. The number of aliphatic imine (C=N–C) groups is 1. The van der Waals surface area contributed by atoms with E-state index < -0.39 is 0 Å². The standard InChI is InChI=1S/C10H17N5S/c1-8-5-12-10(16-6-8)11-4-3-9-13-7-15(2)14-9/h7-8H,3-6H2,1-2H3,(H,11,12). The molecule has 16 heavy (non-hydrogen) atoms. The molecule has 0 saturated heterocycles. The highest BCUT2D eigenvalue weighted by Crippen LogP contribution is 2.15. The van der Waals surface area contributed by atoms with Crippen LogP contribution in [0.2, 0.25) is 0 Å². The molecule has 0 fully saturated rings. The van der Waals surface area contributed by atoms with E-state index in [4.69, 9.17) is 0 Å². The minimum Gasteiger partial charge on any atom is -0.364 e. The van der Waals surface area contributed by atoms with Gasteiger partial charge in [0.2, 0.25) is 0 Å². The molecule has 1 atom stereocenters. The van der Waals surface area contributed by atoms with Gasteiger partial charge in [0.15, 0.2) is 11.0 Å². The summed E-state index contributed by atoms with van der Waals surface area (Å²) >= 11 is 1.80. The van der Waals surface area contributed by atoms with Crippen molar-refractivity contribution in [1.29, 1.82) is 0 Å². The Morgan fingerprint density at radius 3 is 3.12 bits per heavy atom. The van der Waals surface area contributed by atoms with Crippen LogP contribution >= 0.6 is 11.8 Å². The van der Waals surface area contributed by atoms with Crippen LogP contribution in [-0.4, -0.2) is 38.8 Å². The van der Waals surface area contributed by atoms with Gasteiger partial charge >= 0.3 is 0 Å². The number of aryl methyl sites for hydroxylation is 1. The van der Waals surface area contributed by atoms with E-state index in [0.717, 1.165) is 36.3 Å². The summed E-state index contributed by atoms with van der Waals surface area (Å²) in [5.41, 5.74) is 0. The number of amidine groups is 1. The fourth-order valence-corrected chi connectivity index (χ4v) is 2.36. The van der Waals surface area contributed by atoms with Gasteiger partial charge in [0.25, 0.3) is 0 Å². The summed E-state index contributed by atoms with van der Waals surface area (Å²) in [6.45, 7) is 4.02. The second kappa shape index (κ2) is 5.34. The van der Waals surface area contributed by atoms with Crippen molar-refractivity contribution in [1.82, 2.24) is 20.1 Å². The van der Waals surface area contributed by atoms with Crippen molar-refractivity contribution in [3.8, 4) is 0 Å². The molecule has 0 radical (unpaired) electrons. The van der Waals surface area contributed by atoms with Crippen molar-refractivity contribution in [2.75, 3.05) is 18.8 Å². The lowest BCUT2D eigenvalue weighted by atomic mass is 10.2. The molecule has 1 N–H and O–H groups in total. The lowest BCUT2D eigenvalue weighted by molar-refractivity contribution is 0.668. The third kappa shape index (κ3) is 3.23. The summed E-state index contributed by atoms with van der Waals surface area (Å²) in [6.07, 6.45) is 2.57. The molecular formula is C10H17N5S. The lowest BCUT2D eigenvalue weighted by Gasteiger charge is -2.17. The number of nitrogens with zero attached hydrogens (tertiary/aromatic N) is 4. The Balaban J connectivity index is 1.72. The van der Waals surface area contributed by atoms with Crippen LogP contribution in [-0.2, 0) is 13.5 Å². The number of hydrogen-bond acceptors (Lipinski definition) is 5. The monoisotopic (exact) mass is 239 g/mol. The normalized spacial score (nSPS) is 20.6. The first-order valence-electron chi connectivity index (χ1n) is 5.49. The van der Waals surface area contributed by atoms with Crippen molar-refractivity contribution in [2.45, 2.75) is 13.3 Å². The van der Waals surface area contributed by atoms with Gasteiger partial charge in [-0.25, -0.2) is 4.98 Å². The van der Waals surface area contributed by atoms with Gasteiger partial charge in [0, 0.05) is 32.3 Å². The van der Waals surface area contributed by atoms with Crippen LogP contribution in [0.3, 0.4) is 0 Å². The summed E-state index contributed by atoms with van der Waals surface area (Å²) in [6, 6.07) is 0. The van der Waals surface area contributed by atoms with E-state index in [1.807, 2.05) is 7.05 Å². The highest BCUT2D eigenvalue weighted by atomic mass is 32.2. The van der Waals surface area contributed by atoms with Crippen LogP contribution in [0.4, 0.5) is 0 Å². The summed E-state index contributed by atoms with van der Waals surface area (Å²) in [5, 5.41) is 8.61. The van der Waals surface area contributed by atoms with Crippen molar-refractivity contribution in [2.24, 2.45) is 18.0 Å². The summed E-state index contributed by atoms with van der Waals surface area (Å²) in [4.78, 5) is 8.64. The van der Waals surface area contributed by atoms with Crippen LogP contribution in [0.5, 0.6) is 0 Å². The van der Waals surface area contributed by atoms with E-state index in [-0.39, 0.29) is 0 Å². The van der Waals surface area contributed by atoms with Crippen LogP contribution in [0.25, 0.3) is 0 Å². The van der Waals surface area contributed by atoms with Crippen molar-refractivity contribution in [3.63, 3.8) is 0 Å². The molecule has 1 aromatic heterocycles. The van der Waals surface area contributed by atoms with Gasteiger partial charge in [-0.1, -0.05) is 18.7 Å². The van der Waals surface area contributed by atoms with E-state index in [9.17, 15) is 0 Å². The van der Waals surface area contributed by atoms with Gasteiger partial charge in [-0.3, -0.25) is 9.67 Å². The van der Waals surface area contributed by atoms with Crippen LogP contribution in [0.15, 0.2) is 11.3 Å². The minimum absolute atomic E-state index is 0.702. The largest absolute Gasteiger partial charge is 0.364 e. The maximum atomic E-state index is 4.47.